The van der Waals surface area contributed by atoms with E-state index in [9.17, 15) is 4.21 Å². The van der Waals surface area contributed by atoms with Gasteiger partial charge in [-0.1, -0.05) is 17.7 Å². The van der Waals surface area contributed by atoms with Crippen LogP contribution in [0.15, 0.2) is 23.1 Å². The average molecular weight is 226 g/mol. The van der Waals surface area contributed by atoms with E-state index in [1.165, 1.54) is 5.56 Å². The van der Waals surface area contributed by atoms with Crippen molar-refractivity contribution in [2.45, 2.75) is 45.1 Å². The predicted octanol–water partition coefficient (Wildman–Crippen LogP) is 3.14. The second kappa shape index (κ2) is 4.45. The maximum atomic E-state index is 11.9. The molecule has 0 saturated heterocycles. The highest BCUT2D eigenvalue weighted by atomic mass is 32.2. The summed E-state index contributed by atoms with van der Waals surface area (Å²) in [6.07, 6.45) is 0. The number of aryl methyl sites for hydroxylation is 2. The molecular formula is C12H18O2S. The summed E-state index contributed by atoms with van der Waals surface area (Å²) in [6, 6.07) is 5.83. The third-order valence-corrected chi connectivity index (χ3v) is 3.30. The molecule has 1 atom stereocenters. The van der Waals surface area contributed by atoms with E-state index in [1.54, 1.807) is 0 Å². The van der Waals surface area contributed by atoms with Gasteiger partial charge >= 0.3 is 0 Å². The van der Waals surface area contributed by atoms with E-state index < -0.39 is 11.1 Å². The Balaban J connectivity index is 2.92. The van der Waals surface area contributed by atoms with Crippen molar-refractivity contribution in [3.8, 4) is 0 Å². The molecule has 0 aromatic heterocycles. The molecule has 3 heteroatoms. The van der Waals surface area contributed by atoms with Gasteiger partial charge in [-0.25, -0.2) is 4.21 Å². The summed E-state index contributed by atoms with van der Waals surface area (Å²) in [5.74, 6) is 0. The Kier molecular flexibility index (Phi) is 3.68. The van der Waals surface area contributed by atoms with Crippen molar-refractivity contribution in [1.29, 1.82) is 0 Å². The second-order valence-electron chi connectivity index (χ2n) is 4.70. The summed E-state index contributed by atoms with van der Waals surface area (Å²) < 4.78 is 17.3. The molecule has 0 bridgehead atoms. The van der Waals surface area contributed by atoms with Crippen LogP contribution in [0.3, 0.4) is 0 Å². The SMILES string of the molecule is Cc1ccc(S(=O)OC(C)(C)C)c(C)c1. The van der Waals surface area contributed by atoms with Crippen molar-refractivity contribution < 1.29 is 8.39 Å². The molecule has 2 nitrogen and oxygen atoms in total. The Morgan fingerprint density at radius 3 is 2.27 bits per heavy atom. The topological polar surface area (TPSA) is 26.3 Å². The normalized spacial score (nSPS) is 13.9. The van der Waals surface area contributed by atoms with Gasteiger partial charge in [0.2, 0.25) is 0 Å². The van der Waals surface area contributed by atoms with Crippen LogP contribution in [-0.2, 0) is 15.3 Å². The van der Waals surface area contributed by atoms with Crippen molar-refractivity contribution in [2.24, 2.45) is 0 Å². The van der Waals surface area contributed by atoms with Crippen LogP contribution in [0.25, 0.3) is 0 Å². The van der Waals surface area contributed by atoms with Gasteiger partial charge in [0.15, 0.2) is 11.1 Å². The maximum absolute atomic E-state index is 11.9. The van der Waals surface area contributed by atoms with E-state index in [-0.39, 0.29) is 5.60 Å². The molecule has 0 aliphatic carbocycles. The summed E-state index contributed by atoms with van der Waals surface area (Å²) in [7, 11) is 0. The molecule has 84 valence electrons. The fourth-order valence-electron chi connectivity index (χ4n) is 1.26. The second-order valence-corrected chi connectivity index (χ2v) is 5.78. The van der Waals surface area contributed by atoms with Crippen LogP contribution >= 0.6 is 0 Å². The highest BCUT2D eigenvalue weighted by Gasteiger charge is 2.17. The molecule has 0 heterocycles. The zero-order valence-electron chi connectivity index (χ0n) is 9.96. The van der Waals surface area contributed by atoms with E-state index in [0.717, 1.165) is 10.5 Å². The molecule has 15 heavy (non-hydrogen) atoms. The first-order valence-corrected chi connectivity index (χ1v) is 6.05. The predicted molar refractivity (Wildman–Crippen MR) is 63.2 cm³/mol. The number of hydrogen-bond acceptors (Lipinski definition) is 2. The number of benzene rings is 1. The standard InChI is InChI=1S/C12H18O2S/c1-9-6-7-11(10(2)8-9)15(13)14-12(3,4)5/h6-8H,1-5H3. The molecule has 0 radical (unpaired) electrons. The molecule has 0 aliphatic heterocycles. The minimum atomic E-state index is -1.37. The third-order valence-electron chi connectivity index (χ3n) is 1.84. The number of rotatable bonds is 2. The molecule has 0 amide bonds. The minimum absolute atomic E-state index is 0.387. The van der Waals surface area contributed by atoms with Crippen LogP contribution in [0.4, 0.5) is 0 Å². The van der Waals surface area contributed by atoms with E-state index in [4.69, 9.17) is 4.18 Å². The molecule has 1 rings (SSSR count). The lowest BCUT2D eigenvalue weighted by Gasteiger charge is -2.18. The fourth-order valence-corrected chi connectivity index (χ4v) is 2.30. The van der Waals surface area contributed by atoms with Gasteiger partial charge in [0.05, 0.1) is 10.5 Å². The molecule has 0 saturated carbocycles. The molecule has 0 spiro atoms. The Bertz CT molecular complexity index is 378. The average Bonchev–Trinajstić information content (AvgIpc) is 1.99. The molecule has 0 N–H and O–H groups in total. The largest absolute Gasteiger partial charge is 0.281 e. The summed E-state index contributed by atoms with van der Waals surface area (Å²) in [4.78, 5) is 0.760. The van der Waals surface area contributed by atoms with Crippen molar-refractivity contribution in [3.63, 3.8) is 0 Å². The van der Waals surface area contributed by atoms with Crippen LogP contribution in [0.5, 0.6) is 0 Å². The van der Waals surface area contributed by atoms with Crippen LogP contribution in [0, 0.1) is 13.8 Å². The van der Waals surface area contributed by atoms with Gasteiger partial charge in [0, 0.05) is 0 Å². The van der Waals surface area contributed by atoms with Gasteiger partial charge in [0.25, 0.3) is 0 Å². The summed E-state index contributed by atoms with van der Waals surface area (Å²) in [6.45, 7) is 9.66. The van der Waals surface area contributed by atoms with Crippen LogP contribution < -0.4 is 0 Å². The van der Waals surface area contributed by atoms with Crippen LogP contribution in [0.2, 0.25) is 0 Å². The van der Waals surface area contributed by atoms with E-state index in [0.29, 0.717) is 0 Å². The smallest absolute Gasteiger partial charge is 0.189 e. The first kappa shape index (κ1) is 12.4. The number of hydrogen-bond donors (Lipinski definition) is 0. The zero-order chi connectivity index (χ0) is 11.6. The first-order chi connectivity index (χ1) is 6.79. The summed E-state index contributed by atoms with van der Waals surface area (Å²) >= 11 is -1.37. The molecule has 1 aromatic rings. The summed E-state index contributed by atoms with van der Waals surface area (Å²) in [5.41, 5.74) is 1.80. The van der Waals surface area contributed by atoms with Crippen LogP contribution in [0.1, 0.15) is 31.9 Å². The van der Waals surface area contributed by atoms with Crippen molar-refractivity contribution in [3.05, 3.63) is 29.3 Å². The van der Waals surface area contributed by atoms with Gasteiger partial charge in [-0.05, 0) is 46.2 Å². The maximum Gasteiger partial charge on any atom is 0.189 e. The van der Waals surface area contributed by atoms with Crippen molar-refractivity contribution in [2.75, 3.05) is 0 Å². The highest BCUT2D eigenvalue weighted by molar-refractivity contribution is 7.80. The van der Waals surface area contributed by atoms with Gasteiger partial charge in [-0.2, -0.15) is 0 Å². The third kappa shape index (κ3) is 3.76. The van der Waals surface area contributed by atoms with Crippen LogP contribution in [-0.4, -0.2) is 9.81 Å². The van der Waals surface area contributed by atoms with Crippen molar-refractivity contribution >= 4 is 11.1 Å². The fraction of sp³-hybridized carbons (Fsp3) is 0.500. The van der Waals surface area contributed by atoms with Gasteiger partial charge in [0.1, 0.15) is 0 Å². The monoisotopic (exact) mass is 226 g/mol. The Labute approximate surface area is 94.3 Å². The lowest BCUT2D eigenvalue weighted by Crippen LogP contribution is -2.20. The molecule has 1 aromatic carbocycles. The lowest BCUT2D eigenvalue weighted by molar-refractivity contribution is 0.152. The molecule has 1 unspecified atom stereocenters. The van der Waals surface area contributed by atoms with E-state index >= 15 is 0 Å². The summed E-state index contributed by atoms with van der Waals surface area (Å²) in [5, 5.41) is 0. The highest BCUT2D eigenvalue weighted by Crippen LogP contribution is 2.19. The first-order valence-electron chi connectivity index (χ1n) is 4.98. The van der Waals surface area contributed by atoms with Gasteiger partial charge in [-0.3, -0.25) is 4.18 Å². The van der Waals surface area contributed by atoms with Gasteiger partial charge < -0.3 is 0 Å². The molecular weight excluding hydrogens is 208 g/mol. The zero-order valence-corrected chi connectivity index (χ0v) is 10.8. The van der Waals surface area contributed by atoms with E-state index in [2.05, 4.69) is 0 Å². The van der Waals surface area contributed by atoms with E-state index in [1.807, 2.05) is 52.8 Å². The minimum Gasteiger partial charge on any atom is -0.281 e. The quantitative estimate of drug-likeness (QED) is 0.774. The Morgan fingerprint density at radius 1 is 1.20 bits per heavy atom. The Morgan fingerprint density at radius 2 is 1.80 bits per heavy atom. The van der Waals surface area contributed by atoms with Gasteiger partial charge in [-0.15, -0.1) is 0 Å². The molecule has 0 fully saturated rings. The van der Waals surface area contributed by atoms with Crippen molar-refractivity contribution in [1.82, 2.24) is 0 Å². The lowest BCUT2D eigenvalue weighted by atomic mass is 10.2. The Hall–Kier alpha value is -0.670. The molecule has 0 aliphatic rings.